The molecular weight excluding hydrogens is 375 g/mol. The standard InChI is InChI=1S/C23H22ClFN2O/c1-14-17-6-3-4-9-22(17)26-15(2)18(14)12-23(28)27(16-10-11-16)13-19-20(24)7-5-8-21(19)25/h3-9,16H,10-13H2,1-2H3. The molecule has 3 nitrogen and oxygen atoms in total. The Labute approximate surface area is 169 Å². The van der Waals surface area contributed by atoms with Gasteiger partial charge in [-0.05, 0) is 56.0 Å². The van der Waals surface area contributed by atoms with E-state index in [2.05, 4.69) is 4.98 Å². The molecule has 1 heterocycles. The Balaban J connectivity index is 1.64. The molecule has 0 radical (unpaired) electrons. The predicted molar refractivity (Wildman–Crippen MR) is 110 cm³/mol. The van der Waals surface area contributed by atoms with Gasteiger partial charge in [-0.15, -0.1) is 0 Å². The van der Waals surface area contributed by atoms with Gasteiger partial charge in [0, 0.05) is 27.7 Å². The van der Waals surface area contributed by atoms with Crippen LogP contribution in [0.2, 0.25) is 5.02 Å². The molecule has 1 aliphatic rings. The van der Waals surface area contributed by atoms with Gasteiger partial charge in [0.2, 0.25) is 5.91 Å². The van der Waals surface area contributed by atoms with Gasteiger partial charge in [0.25, 0.3) is 0 Å². The number of benzene rings is 2. The first kappa shape index (κ1) is 18.9. The van der Waals surface area contributed by atoms with Gasteiger partial charge in [0.05, 0.1) is 18.5 Å². The number of hydrogen-bond donors (Lipinski definition) is 0. The SMILES string of the molecule is Cc1nc2ccccc2c(C)c1CC(=O)N(Cc1c(F)cccc1Cl)C1CC1. The van der Waals surface area contributed by atoms with E-state index in [9.17, 15) is 9.18 Å². The number of amides is 1. The number of carbonyl (C=O) groups is 1. The van der Waals surface area contributed by atoms with E-state index in [1.54, 1.807) is 17.0 Å². The number of aromatic nitrogens is 1. The summed E-state index contributed by atoms with van der Waals surface area (Å²) in [5.74, 6) is -0.379. The number of pyridine rings is 1. The molecule has 1 aromatic heterocycles. The first-order valence-corrected chi connectivity index (χ1v) is 9.90. The highest BCUT2D eigenvalue weighted by atomic mass is 35.5. The molecule has 1 aliphatic carbocycles. The van der Waals surface area contributed by atoms with Gasteiger partial charge in [-0.1, -0.05) is 35.9 Å². The lowest BCUT2D eigenvalue weighted by molar-refractivity contribution is -0.131. The molecule has 0 spiro atoms. The minimum absolute atomic E-state index is 0.00917. The number of nitrogens with zero attached hydrogens (tertiary/aromatic N) is 2. The van der Waals surface area contributed by atoms with Crippen LogP contribution in [0.1, 0.15) is 35.2 Å². The van der Waals surface area contributed by atoms with Gasteiger partial charge < -0.3 is 4.90 Å². The van der Waals surface area contributed by atoms with E-state index in [0.717, 1.165) is 40.6 Å². The summed E-state index contributed by atoms with van der Waals surface area (Å²) in [6.07, 6.45) is 2.16. The lowest BCUT2D eigenvalue weighted by Gasteiger charge is -2.24. The molecule has 0 bridgehead atoms. The predicted octanol–water partition coefficient (Wildman–Crippen LogP) is 5.38. The Bertz CT molecular complexity index is 1040. The summed E-state index contributed by atoms with van der Waals surface area (Å²) in [7, 11) is 0. The van der Waals surface area contributed by atoms with E-state index >= 15 is 0 Å². The Morgan fingerprint density at radius 3 is 2.61 bits per heavy atom. The fraction of sp³-hybridized carbons (Fsp3) is 0.304. The molecule has 0 N–H and O–H groups in total. The van der Waals surface area contributed by atoms with Crippen molar-refractivity contribution >= 4 is 28.4 Å². The molecule has 1 fully saturated rings. The van der Waals surface area contributed by atoms with Crippen LogP contribution in [-0.2, 0) is 17.8 Å². The number of halogens is 2. The van der Waals surface area contributed by atoms with E-state index in [-0.39, 0.29) is 30.7 Å². The van der Waals surface area contributed by atoms with Crippen molar-refractivity contribution in [1.29, 1.82) is 0 Å². The summed E-state index contributed by atoms with van der Waals surface area (Å²) in [6.45, 7) is 4.18. The minimum atomic E-state index is -0.370. The third kappa shape index (κ3) is 3.61. The van der Waals surface area contributed by atoms with Crippen LogP contribution in [0.25, 0.3) is 10.9 Å². The summed E-state index contributed by atoms with van der Waals surface area (Å²) in [5.41, 5.74) is 4.22. The van der Waals surface area contributed by atoms with Gasteiger partial charge >= 0.3 is 0 Å². The zero-order valence-electron chi connectivity index (χ0n) is 16.0. The summed E-state index contributed by atoms with van der Waals surface area (Å²) in [6, 6.07) is 12.8. The lowest BCUT2D eigenvalue weighted by Crippen LogP contribution is -2.34. The van der Waals surface area contributed by atoms with Crippen molar-refractivity contribution in [3.05, 3.63) is 75.7 Å². The zero-order chi connectivity index (χ0) is 19.8. The largest absolute Gasteiger partial charge is 0.335 e. The molecule has 1 amide bonds. The first-order chi connectivity index (χ1) is 13.5. The average molecular weight is 397 g/mol. The molecule has 0 atom stereocenters. The fourth-order valence-electron chi connectivity index (χ4n) is 3.74. The first-order valence-electron chi connectivity index (χ1n) is 9.53. The fourth-order valence-corrected chi connectivity index (χ4v) is 3.97. The van der Waals surface area contributed by atoms with Crippen molar-refractivity contribution in [2.24, 2.45) is 0 Å². The van der Waals surface area contributed by atoms with Crippen molar-refractivity contribution in [3.63, 3.8) is 0 Å². The highest BCUT2D eigenvalue weighted by molar-refractivity contribution is 6.31. The maximum atomic E-state index is 14.3. The number of rotatable bonds is 5. The number of carbonyl (C=O) groups excluding carboxylic acids is 1. The molecule has 28 heavy (non-hydrogen) atoms. The van der Waals surface area contributed by atoms with Crippen LogP contribution in [0.3, 0.4) is 0 Å². The lowest BCUT2D eigenvalue weighted by atomic mass is 9.99. The molecule has 1 saturated carbocycles. The van der Waals surface area contributed by atoms with Crippen LogP contribution >= 0.6 is 11.6 Å². The number of aryl methyl sites for hydroxylation is 2. The third-order valence-corrected chi connectivity index (χ3v) is 5.87. The highest BCUT2D eigenvalue weighted by Gasteiger charge is 2.33. The molecular formula is C23H22ClFN2O. The van der Waals surface area contributed by atoms with Crippen LogP contribution < -0.4 is 0 Å². The quantitative estimate of drug-likeness (QED) is 0.580. The van der Waals surface area contributed by atoms with Crippen molar-refractivity contribution in [1.82, 2.24) is 9.88 Å². The van der Waals surface area contributed by atoms with Gasteiger partial charge in [0.1, 0.15) is 5.82 Å². The van der Waals surface area contributed by atoms with Gasteiger partial charge in [-0.25, -0.2) is 4.39 Å². The monoisotopic (exact) mass is 396 g/mol. The Morgan fingerprint density at radius 2 is 1.89 bits per heavy atom. The van der Waals surface area contributed by atoms with Crippen molar-refractivity contribution in [3.8, 4) is 0 Å². The molecule has 5 heteroatoms. The van der Waals surface area contributed by atoms with Gasteiger partial charge in [-0.2, -0.15) is 0 Å². The third-order valence-electron chi connectivity index (χ3n) is 5.51. The minimum Gasteiger partial charge on any atom is -0.335 e. The summed E-state index contributed by atoms with van der Waals surface area (Å²) in [4.78, 5) is 19.6. The van der Waals surface area contributed by atoms with Crippen LogP contribution in [0, 0.1) is 19.7 Å². The van der Waals surface area contributed by atoms with Crippen LogP contribution in [0.4, 0.5) is 4.39 Å². The smallest absolute Gasteiger partial charge is 0.227 e. The summed E-state index contributed by atoms with van der Waals surface area (Å²) in [5, 5.41) is 1.42. The molecule has 144 valence electrons. The van der Waals surface area contributed by atoms with Gasteiger partial charge in [-0.3, -0.25) is 9.78 Å². The average Bonchev–Trinajstić information content (AvgIpc) is 3.50. The van der Waals surface area contributed by atoms with E-state index in [1.165, 1.54) is 6.07 Å². The highest BCUT2D eigenvalue weighted by Crippen LogP contribution is 2.32. The number of para-hydroxylation sites is 1. The maximum absolute atomic E-state index is 14.3. The van der Waals surface area contributed by atoms with Crippen molar-refractivity contribution in [2.75, 3.05) is 0 Å². The topological polar surface area (TPSA) is 33.2 Å². The second kappa shape index (κ2) is 7.51. The van der Waals surface area contributed by atoms with E-state index < -0.39 is 0 Å². The van der Waals surface area contributed by atoms with Crippen molar-refractivity contribution < 1.29 is 9.18 Å². The van der Waals surface area contributed by atoms with E-state index in [4.69, 9.17) is 11.6 Å². The molecule has 2 aromatic carbocycles. The Hall–Kier alpha value is -2.46. The normalized spacial score (nSPS) is 13.7. The van der Waals surface area contributed by atoms with E-state index in [0.29, 0.717) is 10.6 Å². The molecule has 0 saturated heterocycles. The van der Waals surface area contributed by atoms with Gasteiger partial charge in [0.15, 0.2) is 0 Å². The zero-order valence-corrected chi connectivity index (χ0v) is 16.8. The van der Waals surface area contributed by atoms with Crippen LogP contribution in [-0.4, -0.2) is 21.8 Å². The maximum Gasteiger partial charge on any atom is 0.227 e. The molecule has 0 aliphatic heterocycles. The second-order valence-corrected chi connectivity index (χ2v) is 7.85. The summed E-state index contributed by atoms with van der Waals surface area (Å²) < 4.78 is 14.3. The number of fused-ring (bicyclic) bond motifs is 1. The van der Waals surface area contributed by atoms with E-state index in [1.807, 2.05) is 38.1 Å². The second-order valence-electron chi connectivity index (χ2n) is 7.45. The molecule has 3 aromatic rings. The van der Waals surface area contributed by atoms with Crippen molar-refractivity contribution in [2.45, 2.75) is 45.7 Å². The molecule has 4 rings (SSSR count). The van der Waals surface area contributed by atoms with Crippen LogP contribution in [0.15, 0.2) is 42.5 Å². The molecule has 0 unspecified atom stereocenters. The number of hydrogen-bond acceptors (Lipinski definition) is 2. The Morgan fingerprint density at radius 1 is 1.14 bits per heavy atom. The summed E-state index contributed by atoms with van der Waals surface area (Å²) >= 11 is 6.19. The van der Waals surface area contributed by atoms with Crippen LogP contribution in [0.5, 0.6) is 0 Å². The Kier molecular flexibility index (Phi) is 5.07.